The van der Waals surface area contributed by atoms with Crippen LogP contribution in [0.2, 0.25) is 0 Å². The number of tetrazole rings is 1. The molecule has 11 nitrogen and oxygen atoms in total. The minimum atomic E-state index is -0.326. The minimum Gasteiger partial charge on any atom is -0.470 e. The summed E-state index contributed by atoms with van der Waals surface area (Å²) in [7, 11) is 0. The Labute approximate surface area is 152 Å². The van der Waals surface area contributed by atoms with Crippen molar-refractivity contribution in [1.82, 2.24) is 40.1 Å². The SMILES string of the molecule is C[C@H](Cn1ncnn1)n1nnc2cc3c(cc2c1=O)OC1CCCN1C3=O. The summed E-state index contributed by atoms with van der Waals surface area (Å²) in [4.78, 5) is 28.7. The number of benzene rings is 1. The van der Waals surface area contributed by atoms with Gasteiger partial charge in [-0.2, -0.15) is 4.80 Å². The van der Waals surface area contributed by atoms with Gasteiger partial charge in [0.25, 0.3) is 11.5 Å². The molecule has 1 aromatic carbocycles. The minimum absolute atomic E-state index is 0.0859. The van der Waals surface area contributed by atoms with E-state index < -0.39 is 0 Å². The third-order valence-corrected chi connectivity index (χ3v) is 4.97. The van der Waals surface area contributed by atoms with E-state index in [-0.39, 0.29) is 23.7 Å². The van der Waals surface area contributed by atoms with Crippen LogP contribution in [0.4, 0.5) is 0 Å². The lowest BCUT2D eigenvalue weighted by atomic mass is 10.1. The van der Waals surface area contributed by atoms with Gasteiger partial charge >= 0.3 is 0 Å². The molecule has 1 saturated heterocycles. The van der Waals surface area contributed by atoms with Gasteiger partial charge in [-0.25, -0.2) is 4.68 Å². The van der Waals surface area contributed by atoms with Gasteiger partial charge in [-0.3, -0.25) is 9.59 Å². The second kappa shape index (κ2) is 5.83. The lowest BCUT2D eigenvalue weighted by Crippen LogP contribution is -2.43. The Morgan fingerprint density at radius 3 is 3.00 bits per heavy atom. The molecular weight excluding hydrogens is 352 g/mol. The summed E-state index contributed by atoms with van der Waals surface area (Å²) in [6.07, 6.45) is 2.78. The Kier molecular flexibility index (Phi) is 3.42. The van der Waals surface area contributed by atoms with E-state index in [9.17, 15) is 9.59 Å². The Hall–Kier alpha value is -3.37. The van der Waals surface area contributed by atoms with E-state index in [0.29, 0.717) is 35.3 Å². The number of hydrogen-bond acceptors (Lipinski definition) is 8. The Morgan fingerprint density at radius 1 is 1.30 bits per heavy atom. The van der Waals surface area contributed by atoms with Crippen LogP contribution in [0.15, 0.2) is 23.3 Å². The molecular formula is C16H16N8O3. The predicted molar refractivity (Wildman–Crippen MR) is 91.0 cm³/mol. The maximum atomic E-state index is 12.9. The average molecular weight is 368 g/mol. The first kappa shape index (κ1) is 15.9. The van der Waals surface area contributed by atoms with Crippen molar-refractivity contribution in [2.45, 2.75) is 38.6 Å². The number of ether oxygens (including phenoxy) is 1. The second-order valence-corrected chi connectivity index (χ2v) is 6.76. The zero-order valence-electron chi connectivity index (χ0n) is 14.5. The number of amides is 1. The van der Waals surface area contributed by atoms with Crippen LogP contribution in [-0.4, -0.2) is 58.8 Å². The highest BCUT2D eigenvalue weighted by atomic mass is 16.5. The number of carbonyl (C=O) groups excluding carboxylic acids is 1. The molecule has 1 amide bonds. The van der Waals surface area contributed by atoms with Crippen molar-refractivity contribution < 1.29 is 9.53 Å². The fraction of sp³-hybridized carbons (Fsp3) is 0.438. The fourth-order valence-corrected chi connectivity index (χ4v) is 3.61. The molecule has 2 atom stereocenters. The molecule has 0 radical (unpaired) electrons. The van der Waals surface area contributed by atoms with Crippen LogP contribution in [0.1, 0.15) is 36.2 Å². The number of carbonyl (C=O) groups is 1. The number of fused-ring (bicyclic) bond motifs is 3. The van der Waals surface area contributed by atoms with Crippen molar-refractivity contribution in [3.63, 3.8) is 0 Å². The predicted octanol–water partition coefficient (Wildman–Crippen LogP) is -0.00630. The summed E-state index contributed by atoms with van der Waals surface area (Å²) < 4.78 is 7.23. The van der Waals surface area contributed by atoms with E-state index in [1.165, 1.54) is 15.8 Å². The summed E-state index contributed by atoms with van der Waals surface area (Å²) in [5.74, 6) is 0.343. The highest BCUT2D eigenvalue weighted by Gasteiger charge is 2.37. The summed E-state index contributed by atoms with van der Waals surface area (Å²) in [6.45, 7) is 2.83. The Balaban J connectivity index is 1.57. The van der Waals surface area contributed by atoms with Gasteiger partial charge in [-0.1, -0.05) is 5.21 Å². The molecule has 4 heterocycles. The molecule has 2 aliphatic rings. The van der Waals surface area contributed by atoms with Gasteiger partial charge < -0.3 is 9.64 Å². The highest BCUT2D eigenvalue weighted by Crippen LogP contribution is 2.34. The van der Waals surface area contributed by atoms with Crippen molar-refractivity contribution in [2.24, 2.45) is 0 Å². The van der Waals surface area contributed by atoms with Gasteiger partial charge in [0.15, 0.2) is 12.6 Å². The first-order valence-corrected chi connectivity index (χ1v) is 8.73. The highest BCUT2D eigenvalue weighted by molar-refractivity contribution is 6.01. The number of nitrogens with zero attached hydrogens (tertiary/aromatic N) is 8. The van der Waals surface area contributed by atoms with Gasteiger partial charge in [0.1, 0.15) is 11.3 Å². The van der Waals surface area contributed by atoms with E-state index >= 15 is 0 Å². The zero-order valence-corrected chi connectivity index (χ0v) is 14.5. The third kappa shape index (κ3) is 2.46. The van der Waals surface area contributed by atoms with Crippen molar-refractivity contribution in [3.8, 4) is 5.75 Å². The van der Waals surface area contributed by atoms with Crippen LogP contribution in [0.3, 0.4) is 0 Å². The first-order valence-electron chi connectivity index (χ1n) is 8.73. The van der Waals surface area contributed by atoms with Gasteiger partial charge in [0.05, 0.1) is 23.5 Å². The molecule has 11 heteroatoms. The maximum absolute atomic E-state index is 12.9. The molecule has 0 N–H and O–H groups in total. The van der Waals surface area contributed by atoms with Gasteiger partial charge in [-0.15, -0.1) is 15.3 Å². The lowest BCUT2D eigenvalue weighted by molar-refractivity contribution is 0.0295. The maximum Gasteiger partial charge on any atom is 0.278 e. The van der Waals surface area contributed by atoms with Gasteiger partial charge in [-0.05, 0) is 30.7 Å². The molecule has 0 saturated carbocycles. The van der Waals surface area contributed by atoms with Crippen molar-refractivity contribution in [3.05, 3.63) is 34.4 Å². The van der Waals surface area contributed by atoms with Crippen molar-refractivity contribution in [2.75, 3.05) is 6.54 Å². The molecule has 1 fully saturated rings. The van der Waals surface area contributed by atoms with E-state index in [1.54, 1.807) is 17.0 Å². The second-order valence-electron chi connectivity index (χ2n) is 6.76. The van der Waals surface area contributed by atoms with E-state index in [2.05, 4.69) is 25.7 Å². The monoisotopic (exact) mass is 368 g/mol. The van der Waals surface area contributed by atoms with Crippen LogP contribution in [-0.2, 0) is 6.54 Å². The van der Waals surface area contributed by atoms with Crippen LogP contribution < -0.4 is 10.3 Å². The summed E-state index contributed by atoms with van der Waals surface area (Å²) in [5.41, 5.74) is 0.489. The smallest absolute Gasteiger partial charge is 0.278 e. The normalized spacial score (nSPS) is 19.7. The molecule has 5 rings (SSSR count). The van der Waals surface area contributed by atoms with Crippen molar-refractivity contribution >= 4 is 16.8 Å². The average Bonchev–Trinajstić information content (AvgIpc) is 3.33. The first-order chi connectivity index (χ1) is 13.1. The summed E-state index contributed by atoms with van der Waals surface area (Å²) in [6, 6.07) is 2.86. The van der Waals surface area contributed by atoms with Crippen LogP contribution >= 0.6 is 0 Å². The van der Waals surface area contributed by atoms with E-state index in [4.69, 9.17) is 4.74 Å². The largest absolute Gasteiger partial charge is 0.470 e. The molecule has 2 aromatic heterocycles. The van der Waals surface area contributed by atoms with E-state index in [1.807, 2.05) is 6.92 Å². The molecule has 2 aliphatic heterocycles. The number of hydrogen-bond donors (Lipinski definition) is 0. The molecule has 27 heavy (non-hydrogen) atoms. The standard InChI is InChI=1S/C16H16N8O3/c1-9(7-23-18-8-17-20-23)24-16(26)10-6-13-11(5-12(10)19-21-24)15(25)22-4-2-3-14(22)27-13/h5-6,8-9,14H,2-4,7H2,1H3/t9-,14?/m1/s1. The fourth-order valence-electron chi connectivity index (χ4n) is 3.61. The number of rotatable bonds is 3. The molecule has 1 unspecified atom stereocenters. The number of aromatic nitrogens is 7. The molecule has 138 valence electrons. The molecule has 0 aliphatic carbocycles. The van der Waals surface area contributed by atoms with Crippen LogP contribution in [0.25, 0.3) is 10.9 Å². The summed E-state index contributed by atoms with van der Waals surface area (Å²) in [5, 5.41) is 19.9. The van der Waals surface area contributed by atoms with Gasteiger partial charge in [0, 0.05) is 13.0 Å². The van der Waals surface area contributed by atoms with Crippen LogP contribution in [0.5, 0.6) is 5.75 Å². The quantitative estimate of drug-likeness (QED) is 0.633. The van der Waals surface area contributed by atoms with Gasteiger partial charge in [0.2, 0.25) is 0 Å². The lowest BCUT2D eigenvalue weighted by Gasteiger charge is -2.31. The Morgan fingerprint density at radius 2 is 2.19 bits per heavy atom. The van der Waals surface area contributed by atoms with E-state index in [0.717, 1.165) is 12.8 Å². The summed E-state index contributed by atoms with van der Waals surface area (Å²) >= 11 is 0. The molecule has 0 spiro atoms. The molecule has 0 bridgehead atoms. The Bertz CT molecular complexity index is 1090. The molecule has 3 aromatic rings. The van der Waals surface area contributed by atoms with Crippen LogP contribution in [0, 0.1) is 0 Å². The van der Waals surface area contributed by atoms with Crippen molar-refractivity contribution in [1.29, 1.82) is 0 Å². The third-order valence-electron chi connectivity index (χ3n) is 4.97. The zero-order chi connectivity index (χ0) is 18.5. The topological polar surface area (TPSA) is 121 Å².